The molecule has 90 valence electrons. The zero-order valence-corrected chi connectivity index (χ0v) is 10.7. The Labute approximate surface area is 103 Å². The van der Waals surface area contributed by atoms with E-state index in [-0.39, 0.29) is 0 Å². The van der Waals surface area contributed by atoms with Crippen molar-refractivity contribution < 1.29 is 4.74 Å². The van der Waals surface area contributed by atoms with Gasteiger partial charge in [0.15, 0.2) is 0 Å². The first-order chi connectivity index (χ1) is 8.02. The monoisotopic (exact) mass is 229 g/mol. The van der Waals surface area contributed by atoms with Crippen LogP contribution in [0.4, 0.5) is 5.69 Å². The quantitative estimate of drug-likeness (QED) is 0.480. The standard InChI is InChI=1S/C15H19NO/c1-5-11(2)10-12(3)13(4)17-15-8-6-14(16)7-9-15/h5-10H,4,16H2,1-3H3/b11-5-,12-10-. The summed E-state index contributed by atoms with van der Waals surface area (Å²) in [5.74, 6) is 1.39. The van der Waals surface area contributed by atoms with Gasteiger partial charge in [0.2, 0.25) is 0 Å². The maximum atomic E-state index is 5.63. The fourth-order valence-corrected chi connectivity index (χ4v) is 1.26. The van der Waals surface area contributed by atoms with Crippen LogP contribution >= 0.6 is 0 Å². The molecule has 1 rings (SSSR count). The van der Waals surface area contributed by atoms with Gasteiger partial charge in [-0.3, -0.25) is 0 Å². The van der Waals surface area contributed by atoms with E-state index in [1.807, 2.05) is 45.1 Å². The summed E-state index contributed by atoms with van der Waals surface area (Å²) in [7, 11) is 0. The summed E-state index contributed by atoms with van der Waals surface area (Å²) in [5.41, 5.74) is 8.52. The number of nitrogens with two attached hydrogens (primary N) is 1. The van der Waals surface area contributed by atoms with Crippen molar-refractivity contribution in [3.63, 3.8) is 0 Å². The fourth-order valence-electron chi connectivity index (χ4n) is 1.26. The van der Waals surface area contributed by atoms with Crippen molar-refractivity contribution in [3.05, 3.63) is 59.9 Å². The second-order valence-corrected chi connectivity index (χ2v) is 3.95. The maximum absolute atomic E-state index is 5.63. The lowest BCUT2D eigenvalue weighted by atomic mass is 10.1. The predicted molar refractivity (Wildman–Crippen MR) is 73.8 cm³/mol. The molecule has 2 heteroatoms. The molecule has 0 heterocycles. The molecule has 1 aromatic carbocycles. The fraction of sp³-hybridized carbons (Fsp3) is 0.200. The second kappa shape index (κ2) is 5.94. The van der Waals surface area contributed by atoms with Crippen LogP contribution in [-0.2, 0) is 0 Å². The zero-order valence-electron chi connectivity index (χ0n) is 10.7. The molecule has 0 bridgehead atoms. The Morgan fingerprint density at radius 1 is 1.24 bits per heavy atom. The minimum absolute atomic E-state index is 0.649. The van der Waals surface area contributed by atoms with Crippen LogP contribution in [0.3, 0.4) is 0 Å². The van der Waals surface area contributed by atoms with Crippen LogP contribution in [0.1, 0.15) is 20.8 Å². The number of allylic oxidation sites excluding steroid dienone is 4. The molecule has 0 aliphatic heterocycles. The minimum atomic E-state index is 0.649. The molecule has 0 spiro atoms. The third-order valence-corrected chi connectivity index (χ3v) is 2.46. The van der Waals surface area contributed by atoms with Gasteiger partial charge in [0.25, 0.3) is 0 Å². The van der Waals surface area contributed by atoms with Gasteiger partial charge in [-0.15, -0.1) is 0 Å². The third-order valence-electron chi connectivity index (χ3n) is 2.46. The minimum Gasteiger partial charge on any atom is -0.458 e. The summed E-state index contributed by atoms with van der Waals surface area (Å²) in [6.07, 6.45) is 4.08. The Bertz CT molecular complexity index is 452. The molecule has 17 heavy (non-hydrogen) atoms. The van der Waals surface area contributed by atoms with Crippen LogP contribution in [0.2, 0.25) is 0 Å². The molecule has 0 aliphatic rings. The molecule has 0 unspecified atom stereocenters. The van der Waals surface area contributed by atoms with Crippen molar-refractivity contribution in [2.45, 2.75) is 20.8 Å². The Morgan fingerprint density at radius 2 is 1.82 bits per heavy atom. The van der Waals surface area contributed by atoms with Gasteiger partial charge >= 0.3 is 0 Å². The largest absolute Gasteiger partial charge is 0.458 e. The summed E-state index contributed by atoms with van der Waals surface area (Å²) in [5, 5.41) is 0. The highest BCUT2D eigenvalue weighted by molar-refractivity contribution is 5.43. The van der Waals surface area contributed by atoms with Gasteiger partial charge in [-0.1, -0.05) is 24.3 Å². The molecule has 0 saturated carbocycles. The lowest BCUT2D eigenvalue weighted by Gasteiger charge is -2.09. The number of rotatable bonds is 4. The van der Waals surface area contributed by atoms with Crippen LogP contribution in [0.5, 0.6) is 5.75 Å². The molecule has 0 fully saturated rings. The number of nitrogen functional groups attached to an aromatic ring is 1. The molecule has 0 atom stereocenters. The summed E-state index contributed by atoms with van der Waals surface area (Å²) >= 11 is 0. The molecule has 2 nitrogen and oxygen atoms in total. The lowest BCUT2D eigenvalue weighted by Crippen LogP contribution is -1.96. The van der Waals surface area contributed by atoms with E-state index in [0.29, 0.717) is 5.76 Å². The SMILES string of the molecule is C=C(Oc1ccc(N)cc1)/C(C)=C\C(C)=C/C. The highest BCUT2D eigenvalue weighted by atomic mass is 16.5. The van der Waals surface area contributed by atoms with Gasteiger partial charge in [-0.05, 0) is 50.6 Å². The molecular formula is C15H19NO. The van der Waals surface area contributed by atoms with E-state index in [1.165, 1.54) is 5.57 Å². The average molecular weight is 229 g/mol. The average Bonchev–Trinajstić information content (AvgIpc) is 2.31. The lowest BCUT2D eigenvalue weighted by molar-refractivity contribution is 0.439. The molecular weight excluding hydrogens is 210 g/mol. The number of hydrogen-bond donors (Lipinski definition) is 1. The molecule has 0 aromatic heterocycles. The Hall–Kier alpha value is -1.96. The first-order valence-corrected chi connectivity index (χ1v) is 5.57. The molecule has 0 radical (unpaired) electrons. The predicted octanol–water partition coefficient (Wildman–Crippen LogP) is 4.07. The summed E-state index contributed by atoms with van der Waals surface area (Å²) in [6, 6.07) is 7.27. The number of benzene rings is 1. The second-order valence-electron chi connectivity index (χ2n) is 3.95. The van der Waals surface area contributed by atoms with Crippen LogP contribution in [-0.4, -0.2) is 0 Å². The molecule has 0 amide bonds. The van der Waals surface area contributed by atoms with Gasteiger partial charge in [0.05, 0.1) is 0 Å². The van der Waals surface area contributed by atoms with E-state index in [0.717, 1.165) is 17.0 Å². The summed E-state index contributed by atoms with van der Waals surface area (Å²) in [4.78, 5) is 0. The van der Waals surface area contributed by atoms with Crippen molar-refractivity contribution in [3.8, 4) is 5.75 Å². The third kappa shape index (κ3) is 4.19. The van der Waals surface area contributed by atoms with Gasteiger partial charge < -0.3 is 10.5 Å². The maximum Gasteiger partial charge on any atom is 0.127 e. The van der Waals surface area contributed by atoms with E-state index in [2.05, 4.69) is 6.58 Å². The van der Waals surface area contributed by atoms with Crippen molar-refractivity contribution in [2.75, 3.05) is 5.73 Å². The Morgan fingerprint density at radius 3 is 2.35 bits per heavy atom. The highest BCUT2D eigenvalue weighted by Crippen LogP contribution is 2.19. The molecule has 2 N–H and O–H groups in total. The smallest absolute Gasteiger partial charge is 0.127 e. The van der Waals surface area contributed by atoms with E-state index in [9.17, 15) is 0 Å². The normalized spacial score (nSPS) is 12.4. The van der Waals surface area contributed by atoms with Crippen LogP contribution in [0.25, 0.3) is 0 Å². The van der Waals surface area contributed by atoms with Crippen molar-refractivity contribution in [2.24, 2.45) is 0 Å². The first kappa shape index (κ1) is 13.1. The Balaban J connectivity index is 2.73. The molecule has 0 saturated heterocycles. The summed E-state index contributed by atoms with van der Waals surface area (Å²) < 4.78 is 5.63. The Kier molecular flexibility index (Phi) is 4.58. The van der Waals surface area contributed by atoms with E-state index < -0.39 is 0 Å². The zero-order chi connectivity index (χ0) is 12.8. The van der Waals surface area contributed by atoms with Crippen molar-refractivity contribution in [1.29, 1.82) is 0 Å². The highest BCUT2D eigenvalue weighted by Gasteiger charge is 2.00. The van der Waals surface area contributed by atoms with Gasteiger partial charge in [-0.2, -0.15) is 0 Å². The topological polar surface area (TPSA) is 35.2 Å². The van der Waals surface area contributed by atoms with Gasteiger partial charge in [0, 0.05) is 5.69 Å². The van der Waals surface area contributed by atoms with Crippen LogP contribution in [0.15, 0.2) is 59.9 Å². The van der Waals surface area contributed by atoms with Crippen molar-refractivity contribution >= 4 is 5.69 Å². The summed E-state index contributed by atoms with van der Waals surface area (Å²) in [6.45, 7) is 9.93. The van der Waals surface area contributed by atoms with Crippen LogP contribution < -0.4 is 10.5 Å². The van der Waals surface area contributed by atoms with Gasteiger partial charge in [0.1, 0.15) is 11.5 Å². The first-order valence-electron chi connectivity index (χ1n) is 5.57. The van der Waals surface area contributed by atoms with Crippen LogP contribution in [0, 0.1) is 0 Å². The molecule has 1 aromatic rings. The van der Waals surface area contributed by atoms with Gasteiger partial charge in [-0.25, -0.2) is 0 Å². The van der Waals surface area contributed by atoms with Crippen molar-refractivity contribution in [1.82, 2.24) is 0 Å². The number of ether oxygens (including phenoxy) is 1. The van der Waals surface area contributed by atoms with E-state index in [4.69, 9.17) is 10.5 Å². The van der Waals surface area contributed by atoms with E-state index >= 15 is 0 Å². The number of anilines is 1. The number of hydrogen-bond acceptors (Lipinski definition) is 2. The molecule has 0 aliphatic carbocycles. The van der Waals surface area contributed by atoms with E-state index in [1.54, 1.807) is 12.1 Å².